The van der Waals surface area contributed by atoms with Gasteiger partial charge in [-0.3, -0.25) is 14.7 Å². The predicted molar refractivity (Wildman–Crippen MR) is 74.3 cm³/mol. The molecule has 0 aromatic carbocycles. The second-order valence-electron chi connectivity index (χ2n) is 4.85. The molecular weight excluding hydrogens is 258 g/mol. The van der Waals surface area contributed by atoms with Gasteiger partial charge < -0.3 is 5.32 Å². The summed E-state index contributed by atoms with van der Waals surface area (Å²) in [5.74, 6) is 0.281. The van der Waals surface area contributed by atoms with Gasteiger partial charge in [-0.05, 0) is 26.8 Å². The molecule has 20 heavy (non-hydrogen) atoms. The van der Waals surface area contributed by atoms with Crippen LogP contribution in [-0.4, -0.2) is 36.6 Å². The lowest BCUT2D eigenvalue weighted by molar-refractivity contribution is 0.247. The van der Waals surface area contributed by atoms with Gasteiger partial charge in [0.1, 0.15) is 6.33 Å². The Morgan fingerprint density at radius 2 is 2.15 bits per heavy atom. The zero-order chi connectivity index (χ0) is 14.7. The van der Waals surface area contributed by atoms with E-state index in [9.17, 15) is 4.79 Å². The summed E-state index contributed by atoms with van der Waals surface area (Å²) in [6.07, 6.45) is 1.52. The van der Waals surface area contributed by atoms with Crippen molar-refractivity contribution in [1.29, 1.82) is 0 Å². The lowest BCUT2D eigenvalue weighted by Gasteiger charge is -2.14. The Hall–Kier alpha value is -2.38. The van der Waals surface area contributed by atoms with Crippen molar-refractivity contribution in [3.8, 4) is 0 Å². The minimum absolute atomic E-state index is 0.0586. The van der Waals surface area contributed by atoms with Gasteiger partial charge in [-0.25, -0.2) is 9.78 Å². The van der Waals surface area contributed by atoms with Gasteiger partial charge in [0.15, 0.2) is 0 Å². The lowest BCUT2D eigenvalue weighted by Crippen LogP contribution is -2.39. The van der Waals surface area contributed by atoms with E-state index in [1.54, 1.807) is 7.05 Å². The summed E-state index contributed by atoms with van der Waals surface area (Å²) in [5.41, 5.74) is 2.04. The van der Waals surface area contributed by atoms with Gasteiger partial charge in [-0.15, -0.1) is 5.10 Å². The molecule has 0 saturated carbocycles. The number of hydrogen-bond acceptors (Lipinski definition) is 4. The Balaban J connectivity index is 1.86. The third-order valence-corrected chi connectivity index (χ3v) is 2.75. The summed E-state index contributed by atoms with van der Waals surface area (Å²) < 4.78 is 3.40. The highest BCUT2D eigenvalue weighted by molar-refractivity contribution is 5.87. The number of amides is 2. The molecule has 0 bridgehead atoms. The zero-order valence-corrected chi connectivity index (χ0v) is 12.1. The first-order valence-corrected chi connectivity index (χ1v) is 6.38. The quantitative estimate of drug-likeness (QED) is 0.866. The molecule has 1 atom stereocenters. The molecule has 0 unspecified atom stereocenters. The zero-order valence-electron chi connectivity index (χ0n) is 12.1. The average molecular weight is 277 g/mol. The molecule has 8 heteroatoms. The average Bonchev–Trinajstić information content (AvgIpc) is 2.85. The van der Waals surface area contributed by atoms with E-state index >= 15 is 0 Å². The molecule has 2 amide bonds. The third-order valence-electron chi connectivity index (χ3n) is 2.75. The van der Waals surface area contributed by atoms with Crippen molar-refractivity contribution in [2.24, 2.45) is 7.05 Å². The summed E-state index contributed by atoms with van der Waals surface area (Å²) in [7, 11) is 1.74. The maximum absolute atomic E-state index is 11.8. The third kappa shape index (κ3) is 3.56. The Bertz CT molecular complexity index is 601. The minimum atomic E-state index is -0.328. The van der Waals surface area contributed by atoms with Gasteiger partial charge in [0.05, 0.1) is 12.2 Å². The van der Waals surface area contributed by atoms with Gasteiger partial charge in [0.25, 0.3) is 0 Å². The van der Waals surface area contributed by atoms with E-state index in [0.29, 0.717) is 6.54 Å². The topological polar surface area (TPSA) is 89.7 Å². The van der Waals surface area contributed by atoms with Crippen LogP contribution in [-0.2, 0) is 13.6 Å². The van der Waals surface area contributed by atoms with Crippen LogP contribution in [0, 0.1) is 13.8 Å². The number of aromatic nitrogens is 5. The van der Waals surface area contributed by atoms with Gasteiger partial charge >= 0.3 is 6.03 Å². The van der Waals surface area contributed by atoms with Crippen molar-refractivity contribution in [2.75, 3.05) is 5.32 Å². The molecule has 0 aliphatic rings. The van der Waals surface area contributed by atoms with Crippen LogP contribution in [0.3, 0.4) is 0 Å². The first-order valence-electron chi connectivity index (χ1n) is 6.38. The van der Waals surface area contributed by atoms with Crippen molar-refractivity contribution < 1.29 is 4.79 Å². The molecule has 0 aliphatic carbocycles. The number of urea groups is 1. The van der Waals surface area contributed by atoms with Crippen LogP contribution < -0.4 is 10.6 Å². The van der Waals surface area contributed by atoms with Crippen molar-refractivity contribution in [1.82, 2.24) is 29.9 Å². The van der Waals surface area contributed by atoms with E-state index in [4.69, 9.17) is 0 Å². The first kappa shape index (κ1) is 14.0. The van der Waals surface area contributed by atoms with Crippen LogP contribution in [0.15, 0.2) is 12.4 Å². The standard InChI is InChI=1S/C12H19N7O/c1-8-5-10(3)19(16-8)6-9(2)14-12(20)15-11-13-7-18(4)17-11/h5,7,9H,6H2,1-4H3,(H2,14,15,17,20)/t9-/m0/s1. The predicted octanol–water partition coefficient (Wildman–Crippen LogP) is 0.839. The summed E-state index contributed by atoms with van der Waals surface area (Å²) in [6.45, 7) is 6.47. The van der Waals surface area contributed by atoms with Gasteiger partial charge in [0, 0.05) is 18.8 Å². The highest BCUT2D eigenvalue weighted by atomic mass is 16.2. The highest BCUT2D eigenvalue weighted by Gasteiger charge is 2.11. The second kappa shape index (κ2) is 5.72. The molecule has 2 rings (SSSR count). The molecule has 0 spiro atoms. The summed E-state index contributed by atoms with van der Waals surface area (Å²) in [4.78, 5) is 15.7. The van der Waals surface area contributed by atoms with Crippen LogP contribution in [0.25, 0.3) is 0 Å². The van der Waals surface area contributed by atoms with Crippen molar-refractivity contribution >= 4 is 12.0 Å². The molecule has 2 aromatic heterocycles. The molecule has 2 N–H and O–H groups in total. The summed E-state index contributed by atoms with van der Waals surface area (Å²) >= 11 is 0. The Morgan fingerprint density at radius 3 is 2.70 bits per heavy atom. The van der Waals surface area contributed by atoms with E-state index in [2.05, 4.69) is 25.8 Å². The summed E-state index contributed by atoms with van der Waals surface area (Å²) in [6, 6.07) is 1.62. The molecule has 8 nitrogen and oxygen atoms in total. The van der Waals surface area contributed by atoms with E-state index in [0.717, 1.165) is 11.4 Å². The van der Waals surface area contributed by atoms with Crippen molar-refractivity contribution in [3.05, 3.63) is 23.8 Å². The number of aryl methyl sites for hydroxylation is 3. The van der Waals surface area contributed by atoms with Gasteiger partial charge in [-0.2, -0.15) is 5.10 Å². The number of carbonyl (C=O) groups is 1. The fraction of sp³-hybridized carbons (Fsp3) is 0.500. The fourth-order valence-corrected chi connectivity index (χ4v) is 1.92. The molecule has 0 saturated heterocycles. The Kier molecular flexibility index (Phi) is 4.02. The molecule has 2 heterocycles. The maximum Gasteiger partial charge on any atom is 0.321 e. The number of anilines is 1. The molecule has 108 valence electrons. The minimum Gasteiger partial charge on any atom is -0.333 e. The van der Waals surface area contributed by atoms with E-state index in [-0.39, 0.29) is 18.0 Å². The number of nitrogens with one attached hydrogen (secondary N) is 2. The highest BCUT2D eigenvalue weighted by Crippen LogP contribution is 2.03. The number of nitrogens with zero attached hydrogens (tertiary/aromatic N) is 5. The van der Waals surface area contributed by atoms with Gasteiger partial charge in [0.2, 0.25) is 5.95 Å². The van der Waals surface area contributed by atoms with Crippen LogP contribution in [0.5, 0.6) is 0 Å². The van der Waals surface area contributed by atoms with E-state index in [1.807, 2.05) is 31.5 Å². The van der Waals surface area contributed by atoms with Crippen LogP contribution in [0.1, 0.15) is 18.3 Å². The number of hydrogen-bond donors (Lipinski definition) is 2. The molecular formula is C12H19N7O. The van der Waals surface area contributed by atoms with Gasteiger partial charge in [-0.1, -0.05) is 0 Å². The maximum atomic E-state index is 11.8. The Morgan fingerprint density at radius 1 is 1.40 bits per heavy atom. The second-order valence-corrected chi connectivity index (χ2v) is 4.85. The fourth-order valence-electron chi connectivity index (χ4n) is 1.92. The summed E-state index contributed by atoms with van der Waals surface area (Å²) in [5, 5.41) is 13.7. The van der Waals surface area contributed by atoms with E-state index in [1.165, 1.54) is 11.0 Å². The lowest BCUT2D eigenvalue weighted by atomic mass is 10.3. The number of rotatable bonds is 4. The molecule has 0 fully saturated rings. The first-order chi connectivity index (χ1) is 9.44. The molecule has 0 aliphatic heterocycles. The van der Waals surface area contributed by atoms with Crippen LogP contribution in [0.4, 0.5) is 10.7 Å². The monoisotopic (exact) mass is 277 g/mol. The SMILES string of the molecule is Cc1cc(C)n(C[C@H](C)NC(=O)Nc2ncn(C)n2)n1. The van der Waals surface area contributed by atoms with Crippen molar-refractivity contribution in [3.63, 3.8) is 0 Å². The van der Waals surface area contributed by atoms with Crippen LogP contribution >= 0.6 is 0 Å². The normalized spacial score (nSPS) is 12.2. The Labute approximate surface area is 117 Å². The number of carbonyl (C=O) groups excluding carboxylic acids is 1. The molecule has 2 aromatic rings. The van der Waals surface area contributed by atoms with Crippen molar-refractivity contribution in [2.45, 2.75) is 33.4 Å². The van der Waals surface area contributed by atoms with Crippen LogP contribution in [0.2, 0.25) is 0 Å². The largest absolute Gasteiger partial charge is 0.333 e. The smallest absolute Gasteiger partial charge is 0.321 e. The molecule has 0 radical (unpaired) electrons. The van der Waals surface area contributed by atoms with E-state index < -0.39 is 0 Å².